The molecule has 5 heteroatoms. The SMILES string of the molecule is CSc1ccc(C(=O)NC2(C(=O)O)CCCCC2)cc1. The molecule has 0 heterocycles. The van der Waals surface area contributed by atoms with Crippen LogP contribution in [-0.4, -0.2) is 28.8 Å². The van der Waals surface area contributed by atoms with Crippen LogP contribution in [0.25, 0.3) is 0 Å². The summed E-state index contributed by atoms with van der Waals surface area (Å²) in [6.07, 6.45) is 5.72. The van der Waals surface area contributed by atoms with E-state index in [0.717, 1.165) is 24.2 Å². The quantitative estimate of drug-likeness (QED) is 0.838. The Labute approximate surface area is 123 Å². The van der Waals surface area contributed by atoms with E-state index in [1.54, 1.807) is 23.9 Å². The third-order valence-electron chi connectivity index (χ3n) is 3.82. The van der Waals surface area contributed by atoms with Gasteiger partial charge in [-0.2, -0.15) is 0 Å². The van der Waals surface area contributed by atoms with Crippen LogP contribution in [0, 0.1) is 0 Å². The lowest BCUT2D eigenvalue weighted by Crippen LogP contribution is -2.55. The van der Waals surface area contributed by atoms with Crippen LogP contribution in [0.4, 0.5) is 0 Å². The van der Waals surface area contributed by atoms with Crippen LogP contribution in [0.3, 0.4) is 0 Å². The molecule has 2 rings (SSSR count). The number of nitrogens with one attached hydrogen (secondary N) is 1. The number of hydrogen-bond donors (Lipinski definition) is 2. The topological polar surface area (TPSA) is 66.4 Å². The van der Waals surface area contributed by atoms with Gasteiger partial charge in [0.15, 0.2) is 0 Å². The molecule has 4 nitrogen and oxygen atoms in total. The zero-order chi connectivity index (χ0) is 14.6. The second-order valence-electron chi connectivity index (χ2n) is 5.13. The number of rotatable bonds is 4. The zero-order valence-corrected chi connectivity index (χ0v) is 12.3. The van der Waals surface area contributed by atoms with Crippen molar-refractivity contribution in [2.75, 3.05) is 6.26 Å². The minimum Gasteiger partial charge on any atom is -0.480 e. The van der Waals surface area contributed by atoms with Gasteiger partial charge < -0.3 is 10.4 Å². The van der Waals surface area contributed by atoms with Crippen LogP contribution < -0.4 is 5.32 Å². The van der Waals surface area contributed by atoms with Gasteiger partial charge in [0.1, 0.15) is 5.54 Å². The summed E-state index contributed by atoms with van der Waals surface area (Å²) in [5, 5.41) is 12.2. The van der Waals surface area contributed by atoms with Gasteiger partial charge in [-0.05, 0) is 43.4 Å². The first-order valence-electron chi connectivity index (χ1n) is 6.77. The molecular formula is C15H19NO3S. The Morgan fingerprint density at radius 2 is 1.75 bits per heavy atom. The van der Waals surface area contributed by atoms with E-state index >= 15 is 0 Å². The van der Waals surface area contributed by atoms with Gasteiger partial charge in [-0.15, -0.1) is 11.8 Å². The van der Waals surface area contributed by atoms with E-state index in [4.69, 9.17) is 0 Å². The van der Waals surface area contributed by atoms with Crippen molar-refractivity contribution in [2.24, 2.45) is 0 Å². The van der Waals surface area contributed by atoms with Crippen LogP contribution in [0.2, 0.25) is 0 Å². The average molecular weight is 293 g/mol. The summed E-state index contributed by atoms with van der Waals surface area (Å²) in [4.78, 5) is 24.8. The first-order chi connectivity index (χ1) is 9.57. The van der Waals surface area contributed by atoms with Crippen molar-refractivity contribution < 1.29 is 14.7 Å². The smallest absolute Gasteiger partial charge is 0.329 e. The number of carbonyl (C=O) groups excluding carboxylic acids is 1. The molecule has 0 unspecified atom stereocenters. The molecule has 108 valence electrons. The number of benzene rings is 1. The molecule has 0 radical (unpaired) electrons. The normalized spacial score (nSPS) is 17.4. The Kier molecular flexibility index (Phi) is 4.70. The van der Waals surface area contributed by atoms with Gasteiger partial charge in [0.2, 0.25) is 0 Å². The summed E-state index contributed by atoms with van der Waals surface area (Å²) >= 11 is 1.60. The minimum atomic E-state index is -1.09. The van der Waals surface area contributed by atoms with E-state index < -0.39 is 11.5 Å². The third kappa shape index (κ3) is 3.15. The second kappa shape index (κ2) is 6.31. The molecule has 1 fully saturated rings. The number of hydrogen-bond acceptors (Lipinski definition) is 3. The number of aliphatic carboxylic acids is 1. The van der Waals surface area contributed by atoms with Crippen molar-refractivity contribution >= 4 is 23.6 Å². The Balaban J connectivity index is 2.13. The maximum atomic E-state index is 12.2. The van der Waals surface area contributed by atoms with Gasteiger partial charge >= 0.3 is 5.97 Å². The lowest BCUT2D eigenvalue weighted by Gasteiger charge is -2.34. The fourth-order valence-electron chi connectivity index (χ4n) is 2.58. The molecular weight excluding hydrogens is 274 g/mol. The van der Waals surface area contributed by atoms with Crippen molar-refractivity contribution in [3.05, 3.63) is 29.8 Å². The number of thioether (sulfide) groups is 1. The second-order valence-corrected chi connectivity index (χ2v) is 6.01. The van der Waals surface area contributed by atoms with E-state index in [9.17, 15) is 14.7 Å². The predicted molar refractivity (Wildman–Crippen MR) is 79.1 cm³/mol. The van der Waals surface area contributed by atoms with Crippen molar-refractivity contribution in [2.45, 2.75) is 42.5 Å². The molecule has 2 N–H and O–H groups in total. The van der Waals surface area contributed by atoms with Crippen LogP contribution in [0.1, 0.15) is 42.5 Å². The van der Waals surface area contributed by atoms with Gasteiger partial charge in [0.05, 0.1) is 0 Å². The molecule has 1 aliphatic carbocycles. The molecule has 0 saturated heterocycles. The van der Waals surface area contributed by atoms with Gasteiger partial charge in [-0.3, -0.25) is 4.79 Å². The van der Waals surface area contributed by atoms with E-state index in [1.165, 1.54) is 0 Å². The highest BCUT2D eigenvalue weighted by atomic mass is 32.2. The van der Waals surface area contributed by atoms with Gasteiger partial charge in [-0.1, -0.05) is 19.3 Å². The lowest BCUT2D eigenvalue weighted by atomic mass is 9.81. The maximum absolute atomic E-state index is 12.2. The predicted octanol–water partition coefficient (Wildman–Crippen LogP) is 2.93. The molecule has 0 bridgehead atoms. The van der Waals surface area contributed by atoms with E-state index in [0.29, 0.717) is 18.4 Å². The monoisotopic (exact) mass is 293 g/mol. The summed E-state index contributed by atoms with van der Waals surface area (Å²) < 4.78 is 0. The largest absolute Gasteiger partial charge is 0.480 e. The summed E-state index contributed by atoms with van der Waals surface area (Å²) in [7, 11) is 0. The van der Waals surface area contributed by atoms with E-state index in [2.05, 4.69) is 5.32 Å². The van der Waals surface area contributed by atoms with Crippen LogP contribution in [-0.2, 0) is 4.79 Å². The molecule has 1 aromatic carbocycles. The van der Waals surface area contributed by atoms with Gasteiger partial charge in [0.25, 0.3) is 5.91 Å². The number of carboxylic acid groups (broad SMARTS) is 1. The van der Waals surface area contributed by atoms with Crippen molar-refractivity contribution in [1.29, 1.82) is 0 Å². The highest BCUT2D eigenvalue weighted by molar-refractivity contribution is 7.98. The molecule has 0 spiro atoms. The molecule has 1 saturated carbocycles. The Morgan fingerprint density at radius 3 is 2.25 bits per heavy atom. The third-order valence-corrected chi connectivity index (χ3v) is 4.57. The van der Waals surface area contributed by atoms with Gasteiger partial charge in [-0.25, -0.2) is 4.79 Å². The summed E-state index contributed by atoms with van der Waals surface area (Å²) in [6.45, 7) is 0. The van der Waals surface area contributed by atoms with Crippen molar-refractivity contribution in [3.63, 3.8) is 0 Å². The Hall–Kier alpha value is -1.49. The molecule has 1 aromatic rings. The van der Waals surface area contributed by atoms with Crippen LogP contribution in [0.5, 0.6) is 0 Å². The Morgan fingerprint density at radius 1 is 1.15 bits per heavy atom. The highest BCUT2D eigenvalue weighted by Crippen LogP contribution is 2.29. The molecule has 1 amide bonds. The summed E-state index contributed by atoms with van der Waals surface area (Å²) in [6, 6.07) is 7.21. The molecule has 1 aliphatic rings. The van der Waals surface area contributed by atoms with Crippen molar-refractivity contribution in [3.8, 4) is 0 Å². The highest BCUT2D eigenvalue weighted by Gasteiger charge is 2.41. The van der Waals surface area contributed by atoms with Gasteiger partial charge in [0, 0.05) is 10.5 Å². The molecule has 0 aromatic heterocycles. The standard InChI is InChI=1S/C15H19NO3S/c1-20-12-7-5-11(6-8-12)13(17)16-15(14(18)19)9-3-2-4-10-15/h5-8H,2-4,9-10H2,1H3,(H,16,17)(H,18,19). The zero-order valence-electron chi connectivity index (χ0n) is 11.5. The molecule has 20 heavy (non-hydrogen) atoms. The molecule has 0 atom stereocenters. The first kappa shape index (κ1) is 14.9. The number of amides is 1. The van der Waals surface area contributed by atoms with Crippen molar-refractivity contribution in [1.82, 2.24) is 5.32 Å². The fraction of sp³-hybridized carbons (Fsp3) is 0.467. The van der Waals surface area contributed by atoms with Crippen LogP contribution in [0.15, 0.2) is 29.2 Å². The number of carboxylic acids is 1. The number of carbonyl (C=O) groups is 2. The summed E-state index contributed by atoms with van der Waals surface area (Å²) in [5.74, 6) is -1.23. The lowest BCUT2D eigenvalue weighted by molar-refractivity contribution is -0.145. The first-order valence-corrected chi connectivity index (χ1v) is 8.00. The van der Waals surface area contributed by atoms with E-state index in [1.807, 2.05) is 18.4 Å². The van der Waals surface area contributed by atoms with Crippen LogP contribution >= 0.6 is 11.8 Å². The Bertz CT molecular complexity index is 492. The molecule has 0 aliphatic heterocycles. The maximum Gasteiger partial charge on any atom is 0.329 e. The minimum absolute atomic E-state index is 0.304. The van der Waals surface area contributed by atoms with E-state index in [-0.39, 0.29) is 5.91 Å². The fourth-order valence-corrected chi connectivity index (χ4v) is 2.99. The average Bonchev–Trinajstić information content (AvgIpc) is 2.48. The summed E-state index contributed by atoms with van der Waals surface area (Å²) in [5.41, 5.74) is -0.581.